The van der Waals surface area contributed by atoms with E-state index in [9.17, 15) is 4.39 Å². The Morgan fingerprint density at radius 1 is 1.55 bits per heavy atom. The van der Waals surface area contributed by atoms with Gasteiger partial charge in [-0.15, -0.1) is 0 Å². The molecule has 112 valence electrons. The first-order chi connectivity index (χ1) is 9.49. The van der Waals surface area contributed by atoms with Crippen LogP contribution in [0.5, 0.6) is 5.75 Å². The highest BCUT2D eigenvalue weighted by atomic mass is 19.1. The summed E-state index contributed by atoms with van der Waals surface area (Å²) in [6.07, 6.45) is 1.80. The van der Waals surface area contributed by atoms with Gasteiger partial charge in [-0.3, -0.25) is 0 Å². The van der Waals surface area contributed by atoms with E-state index in [1.165, 1.54) is 6.07 Å². The SMILES string of the molecule is COc1ccc(F)c(NC2(CN)CCN(C)C(C)C2)c1. The minimum Gasteiger partial charge on any atom is -0.497 e. The molecular weight excluding hydrogens is 257 g/mol. The lowest BCUT2D eigenvalue weighted by molar-refractivity contribution is 0.146. The van der Waals surface area contributed by atoms with E-state index in [1.54, 1.807) is 19.2 Å². The molecule has 2 atom stereocenters. The van der Waals surface area contributed by atoms with Crippen molar-refractivity contribution >= 4 is 5.69 Å². The third-order valence-corrected chi connectivity index (χ3v) is 4.35. The summed E-state index contributed by atoms with van der Waals surface area (Å²) < 4.78 is 19.1. The number of hydrogen-bond donors (Lipinski definition) is 2. The van der Waals surface area contributed by atoms with E-state index < -0.39 is 0 Å². The van der Waals surface area contributed by atoms with Crippen molar-refractivity contribution in [1.29, 1.82) is 0 Å². The molecule has 2 unspecified atom stereocenters. The average molecular weight is 281 g/mol. The van der Waals surface area contributed by atoms with E-state index >= 15 is 0 Å². The largest absolute Gasteiger partial charge is 0.497 e. The van der Waals surface area contributed by atoms with Crippen LogP contribution in [0.2, 0.25) is 0 Å². The van der Waals surface area contributed by atoms with Crippen LogP contribution < -0.4 is 15.8 Å². The zero-order chi connectivity index (χ0) is 14.8. The zero-order valence-corrected chi connectivity index (χ0v) is 12.4. The van der Waals surface area contributed by atoms with Crippen LogP contribution in [0.25, 0.3) is 0 Å². The highest BCUT2D eigenvalue weighted by molar-refractivity contribution is 5.51. The fourth-order valence-electron chi connectivity index (χ4n) is 2.80. The number of nitrogens with one attached hydrogen (secondary N) is 1. The lowest BCUT2D eigenvalue weighted by Gasteiger charge is -2.45. The van der Waals surface area contributed by atoms with Crippen LogP contribution >= 0.6 is 0 Å². The smallest absolute Gasteiger partial charge is 0.146 e. The summed E-state index contributed by atoms with van der Waals surface area (Å²) in [6.45, 7) is 3.62. The maximum atomic E-state index is 14.0. The molecular formula is C15H24FN3O. The van der Waals surface area contributed by atoms with Gasteiger partial charge >= 0.3 is 0 Å². The molecule has 0 radical (unpaired) electrons. The third-order valence-electron chi connectivity index (χ3n) is 4.35. The van der Waals surface area contributed by atoms with Gasteiger partial charge in [-0.2, -0.15) is 0 Å². The number of hydrogen-bond acceptors (Lipinski definition) is 4. The molecule has 0 aromatic heterocycles. The van der Waals surface area contributed by atoms with Gasteiger partial charge in [0.1, 0.15) is 11.6 Å². The summed E-state index contributed by atoms with van der Waals surface area (Å²) in [5.74, 6) is 0.368. The van der Waals surface area contributed by atoms with Crippen LogP contribution in [0, 0.1) is 5.82 Å². The molecule has 1 aromatic rings. The Balaban J connectivity index is 2.22. The van der Waals surface area contributed by atoms with E-state index in [0.29, 0.717) is 24.0 Å². The molecule has 0 aliphatic carbocycles. The Labute approximate surface area is 120 Å². The monoisotopic (exact) mass is 281 g/mol. The van der Waals surface area contributed by atoms with Crippen LogP contribution in [-0.2, 0) is 0 Å². The quantitative estimate of drug-likeness (QED) is 0.887. The van der Waals surface area contributed by atoms with Gasteiger partial charge in [0, 0.05) is 25.2 Å². The minimum atomic E-state index is -0.273. The van der Waals surface area contributed by atoms with Crippen molar-refractivity contribution in [2.24, 2.45) is 5.73 Å². The number of benzene rings is 1. The average Bonchev–Trinajstić information content (AvgIpc) is 2.45. The van der Waals surface area contributed by atoms with Crippen molar-refractivity contribution in [1.82, 2.24) is 4.90 Å². The Hall–Kier alpha value is -1.33. The standard InChI is InChI=1S/C15H24FN3O/c1-11-9-15(10-17,6-7-19(11)2)18-14-8-12(20-3)4-5-13(14)16/h4-5,8,11,18H,6-7,9-10,17H2,1-3H3. The van der Waals surface area contributed by atoms with E-state index in [-0.39, 0.29) is 11.4 Å². The van der Waals surface area contributed by atoms with E-state index in [2.05, 4.69) is 24.2 Å². The summed E-state index contributed by atoms with van der Waals surface area (Å²) in [5.41, 5.74) is 6.19. The topological polar surface area (TPSA) is 50.5 Å². The zero-order valence-electron chi connectivity index (χ0n) is 12.4. The molecule has 1 heterocycles. The van der Waals surface area contributed by atoms with Crippen molar-refractivity contribution in [2.45, 2.75) is 31.3 Å². The lowest BCUT2D eigenvalue weighted by atomic mass is 9.83. The third kappa shape index (κ3) is 3.04. The number of nitrogens with two attached hydrogens (primary N) is 1. The Morgan fingerprint density at radius 2 is 2.30 bits per heavy atom. The predicted octanol–water partition coefficient (Wildman–Crippen LogP) is 2.06. The van der Waals surface area contributed by atoms with Crippen molar-refractivity contribution < 1.29 is 9.13 Å². The van der Waals surface area contributed by atoms with Crippen LogP contribution in [0.15, 0.2) is 18.2 Å². The van der Waals surface area contributed by atoms with Crippen LogP contribution in [-0.4, -0.2) is 43.7 Å². The molecule has 5 heteroatoms. The Bertz CT molecular complexity index is 468. The Morgan fingerprint density at radius 3 is 2.90 bits per heavy atom. The number of rotatable bonds is 4. The van der Waals surface area contributed by atoms with Gasteiger partial charge in [0.25, 0.3) is 0 Å². The molecule has 1 saturated heterocycles. The summed E-state index contributed by atoms with van der Waals surface area (Å²) in [6, 6.07) is 5.15. The first-order valence-electron chi connectivity index (χ1n) is 7.02. The van der Waals surface area contributed by atoms with Crippen molar-refractivity contribution in [2.75, 3.05) is 32.6 Å². The van der Waals surface area contributed by atoms with Gasteiger partial charge in [-0.1, -0.05) is 0 Å². The summed E-state index contributed by atoms with van der Waals surface area (Å²) in [7, 11) is 3.69. The van der Waals surface area contributed by atoms with Crippen LogP contribution in [0.1, 0.15) is 19.8 Å². The maximum absolute atomic E-state index is 14.0. The number of piperidine rings is 1. The fourth-order valence-corrected chi connectivity index (χ4v) is 2.80. The lowest BCUT2D eigenvalue weighted by Crippen LogP contribution is -2.56. The maximum Gasteiger partial charge on any atom is 0.146 e. The van der Waals surface area contributed by atoms with Crippen LogP contribution in [0.4, 0.5) is 10.1 Å². The van der Waals surface area contributed by atoms with E-state index in [1.807, 2.05) is 0 Å². The molecule has 0 spiro atoms. The summed E-state index contributed by atoms with van der Waals surface area (Å²) in [4.78, 5) is 2.30. The molecule has 20 heavy (non-hydrogen) atoms. The van der Waals surface area contributed by atoms with Gasteiger partial charge in [-0.25, -0.2) is 4.39 Å². The normalized spacial score (nSPS) is 27.4. The summed E-state index contributed by atoms with van der Waals surface area (Å²) >= 11 is 0. The van der Waals surface area contributed by atoms with Gasteiger partial charge in [-0.05, 0) is 38.9 Å². The fraction of sp³-hybridized carbons (Fsp3) is 0.600. The first kappa shape index (κ1) is 15.1. The van der Waals surface area contributed by atoms with Crippen LogP contribution in [0.3, 0.4) is 0 Å². The number of methoxy groups -OCH3 is 1. The number of halogens is 1. The minimum absolute atomic E-state index is 0.251. The van der Waals surface area contributed by atoms with Gasteiger partial charge < -0.3 is 20.7 Å². The molecule has 2 rings (SSSR count). The van der Waals surface area contributed by atoms with Crippen molar-refractivity contribution in [3.8, 4) is 5.75 Å². The molecule has 0 bridgehead atoms. The van der Waals surface area contributed by atoms with Gasteiger partial charge in [0.05, 0.1) is 18.3 Å². The molecule has 3 N–H and O–H groups in total. The highest BCUT2D eigenvalue weighted by Crippen LogP contribution is 2.31. The molecule has 4 nitrogen and oxygen atoms in total. The highest BCUT2D eigenvalue weighted by Gasteiger charge is 2.36. The number of nitrogens with zero attached hydrogens (tertiary/aromatic N) is 1. The second-order valence-electron chi connectivity index (χ2n) is 5.74. The molecule has 0 amide bonds. The molecule has 1 aromatic carbocycles. The number of anilines is 1. The van der Waals surface area contributed by atoms with E-state index in [0.717, 1.165) is 19.4 Å². The number of ether oxygens (including phenoxy) is 1. The molecule has 1 fully saturated rings. The Kier molecular flexibility index (Phi) is 4.50. The molecule has 1 aliphatic rings. The van der Waals surface area contributed by atoms with Gasteiger partial charge in [0.15, 0.2) is 0 Å². The summed E-state index contributed by atoms with van der Waals surface area (Å²) in [5, 5.41) is 3.33. The van der Waals surface area contributed by atoms with Crippen molar-refractivity contribution in [3.63, 3.8) is 0 Å². The second kappa shape index (κ2) is 5.97. The first-order valence-corrected chi connectivity index (χ1v) is 7.02. The van der Waals surface area contributed by atoms with Crippen molar-refractivity contribution in [3.05, 3.63) is 24.0 Å². The van der Waals surface area contributed by atoms with E-state index in [4.69, 9.17) is 10.5 Å². The van der Waals surface area contributed by atoms with Gasteiger partial charge in [0.2, 0.25) is 0 Å². The second-order valence-corrected chi connectivity index (χ2v) is 5.74. The predicted molar refractivity (Wildman–Crippen MR) is 79.7 cm³/mol. The molecule has 1 aliphatic heterocycles. The molecule has 0 saturated carbocycles. The number of likely N-dealkylation sites (tertiary alicyclic amines) is 1.